The van der Waals surface area contributed by atoms with Crippen LogP contribution in [0.15, 0.2) is 0 Å². The summed E-state index contributed by atoms with van der Waals surface area (Å²) in [6.45, 7) is 7.45. The Morgan fingerprint density at radius 2 is 1.74 bits per heavy atom. The van der Waals surface area contributed by atoms with Crippen LogP contribution in [-0.4, -0.2) is 41.8 Å². The maximum absolute atomic E-state index is 12.3. The van der Waals surface area contributed by atoms with Crippen LogP contribution >= 0.6 is 0 Å². The molecule has 1 amide bonds. The molecule has 0 spiro atoms. The molecule has 4 heteroatoms. The zero-order valence-electron chi connectivity index (χ0n) is 15.1. The van der Waals surface area contributed by atoms with Crippen molar-refractivity contribution < 1.29 is 9.53 Å². The van der Waals surface area contributed by atoms with Gasteiger partial charge in [-0.1, -0.05) is 12.8 Å². The van der Waals surface area contributed by atoms with Crippen molar-refractivity contribution in [2.24, 2.45) is 11.8 Å². The smallest absolute Gasteiger partial charge is 0.410 e. The van der Waals surface area contributed by atoms with Gasteiger partial charge in [0.2, 0.25) is 0 Å². The van der Waals surface area contributed by atoms with Crippen molar-refractivity contribution in [2.45, 2.75) is 89.8 Å². The molecule has 1 heterocycles. The molecule has 0 radical (unpaired) electrons. The molecule has 1 saturated heterocycles. The van der Waals surface area contributed by atoms with Crippen LogP contribution in [0, 0.1) is 11.8 Å². The van der Waals surface area contributed by atoms with Gasteiger partial charge in [-0.3, -0.25) is 0 Å². The molecule has 2 aliphatic carbocycles. The predicted molar refractivity (Wildman–Crippen MR) is 92.4 cm³/mol. The Hall–Kier alpha value is -0.770. The Balaban J connectivity index is 1.47. The summed E-state index contributed by atoms with van der Waals surface area (Å²) in [7, 11) is 0. The monoisotopic (exact) mass is 322 g/mol. The van der Waals surface area contributed by atoms with E-state index >= 15 is 0 Å². The Kier molecular flexibility index (Phi) is 5.19. The van der Waals surface area contributed by atoms with Gasteiger partial charge in [-0.05, 0) is 71.1 Å². The van der Waals surface area contributed by atoms with Gasteiger partial charge in [0.1, 0.15) is 5.60 Å². The Morgan fingerprint density at radius 3 is 2.43 bits per heavy atom. The van der Waals surface area contributed by atoms with E-state index in [1.807, 2.05) is 25.7 Å². The first-order chi connectivity index (χ1) is 10.9. The van der Waals surface area contributed by atoms with Gasteiger partial charge in [-0.15, -0.1) is 0 Å². The summed E-state index contributed by atoms with van der Waals surface area (Å²) >= 11 is 0. The highest BCUT2D eigenvalue weighted by Crippen LogP contribution is 2.44. The molecule has 2 saturated carbocycles. The highest BCUT2D eigenvalue weighted by atomic mass is 16.6. The van der Waals surface area contributed by atoms with Crippen LogP contribution in [0.5, 0.6) is 0 Å². The molecular weight excluding hydrogens is 288 g/mol. The molecule has 0 bridgehead atoms. The fourth-order valence-electron chi connectivity index (χ4n) is 4.31. The number of carbonyl (C=O) groups is 1. The minimum absolute atomic E-state index is 0.150. The zero-order chi connectivity index (χ0) is 16.4. The lowest BCUT2D eigenvalue weighted by Crippen LogP contribution is -2.52. The molecular formula is C19H34N2O2. The summed E-state index contributed by atoms with van der Waals surface area (Å²) in [5, 5.41) is 3.87. The normalized spacial score (nSPS) is 32.7. The topological polar surface area (TPSA) is 41.6 Å². The third-order valence-electron chi connectivity index (χ3n) is 5.55. The summed E-state index contributed by atoms with van der Waals surface area (Å²) in [5.74, 6) is 2.00. The molecule has 0 aromatic heterocycles. The standard InChI is InChI=1S/C19H34N2O2/c1-19(2,3)23-18(22)21-11-5-8-17(13-21)20-16-7-4-6-15(12-16)14-9-10-14/h14-17,20H,4-13H2,1-3H3. The van der Waals surface area contributed by atoms with Crippen molar-refractivity contribution in [2.75, 3.05) is 13.1 Å². The number of nitrogens with zero attached hydrogens (tertiary/aromatic N) is 1. The van der Waals surface area contributed by atoms with Crippen LogP contribution in [0.4, 0.5) is 4.79 Å². The molecule has 1 aliphatic heterocycles. The van der Waals surface area contributed by atoms with Gasteiger partial charge in [0.15, 0.2) is 0 Å². The van der Waals surface area contributed by atoms with Crippen LogP contribution in [0.2, 0.25) is 0 Å². The summed E-state index contributed by atoms with van der Waals surface area (Å²) < 4.78 is 5.53. The maximum Gasteiger partial charge on any atom is 0.410 e. The Labute approximate surface area is 141 Å². The Morgan fingerprint density at radius 1 is 1.00 bits per heavy atom. The van der Waals surface area contributed by atoms with E-state index < -0.39 is 5.60 Å². The van der Waals surface area contributed by atoms with Gasteiger partial charge in [0.25, 0.3) is 0 Å². The third-order valence-corrected chi connectivity index (χ3v) is 5.55. The van der Waals surface area contributed by atoms with Crippen molar-refractivity contribution in [3.63, 3.8) is 0 Å². The second kappa shape index (κ2) is 7.00. The summed E-state index contributed by atoms with van der Waals surface area (Å²) in [6, 6.07) is 1.11. The van der Waals surface area contributed by atoms with Crippen molar-refractivity contribution in [1.82, 2.24) is 10.2 Å². The van der Waals surface area contributed by atoms with Crippen LogP contribution in [0.3, 0.4) is 0 Å². The van der Waals surface area contributed by atoms with Crippen LogP contribution in [-0.2, 0) is 4.74 Å². The molecule has 0 aromatic carbocycles. The minimum atomic E-state index is -0.404. The van der Waals surface area contributed by atoms with E-state index in [1.165, 1.54) is 44.9 Å². The van der Waals surface area contributed by atoms with E-state index in [4.69, 9.17) is 4.74 Å². The molecule has 3 atom stereocenters. The van der Waals surface area contributed by atoms with Gasteiger partial charge in [0, 0.05) is 25.2 Å². The summed E-state index contributed by atoms with van der Waals surface area (Å²) in [6.07, 6.45) is 10.5. The van der Waals surface area contributed by atoms with E-state index in [2.05, 4.69) is 5.32 Å². The molecule has 132 valence electrons. The van der Waals surface area contributed by atoms with Gasteiger partial charge in [-0.25, -0.2) is 4.79 Å². The quantitative estimate of drug-likeness (QED) is 0.855. The summed E-state index contributed by atoms with van der Waals surface area (Å²) in [5.41, 5.74) is -0.404. The number of ether oxygens (including phenoxy) is 1. The van der Waals surface area contributed by atoms with Gasteiger partial charge < -0.3 is 15.0 Å². The summed E-state index contributed by atoms with van der Waals surface area (Å²) in [4.78, 5) is 14.2. The molecule has 3 unspecified atom stereocenters. The van der Waals surface area contributed by atoms with E-state index in [-0.39, 0.29) is 6.09 Å². The van der Waals surface area contributed by atoms with E-state index in [0.29, 0.717) is 12.1 Å². The van der Waals surface area contributed by atoms with Crippen LogP contribution < -0.4 is 5.32 Å². The molecule has 1 N–H and O–H groups in total. The largest absolute Gasteiger partial charge is 0.444 e. The fourth-order valence-corrected chi connectivity index (χ4v) is 4.31. The van der Waals surface area contributed by atoms with Crippen molar-refractivity contribution in [1.29, 1.82) is 0 Å². The minimum Gasteiger partial charge on any atom is -0.444 e. The lowest BCUT2D eigenvalue weighted by Gasteiger charge is -2.38. The number of hydrogen-bond acceptors (Lipinski definition) is 3. The van der Waals surface area contributed by atoms with Crippen molar-refractivity contribution in [3.05, 3.63) is 0 Å². The van der Waals surface area contributed by atoms with E-state index in [0.717, 1.165) is 31.3 Å². The average molecular weight is 322 g/mol. The number of rotatable bonds is 3. The first kappa shape index (κ1) is 17.1. The van der Waals surface area contributed by atoms with Gasteiger partial charge in [-0.2, -0.15) is 0 Å². The first-order valence-electron chi connectivity index (χ1n) is 9.65. The second-order valence-corrected chi connectivity index (χ2v) is 8.89. The number of likely N-dealkylation sites (tertiary alicyclic amines) is 1. The van der Waals surface area contributed by atoms with Crippen molar-refractivity contribution >= 4 is 6.09 Å². The zero-order valence-corrected chi connectivity index (χ0v) is 15.1. The molecule has 23 heavy (non-hydrogen) atoms. The van der Waals surface area contributed by atoms with E-state index in [9.17, 15) is 4.79 Å². The average Bonchev–Trinajstić information content (AvgIpc) is 3.31. The third kappa shape index (κ3) is 5.10. The number of carbonyl (C=O) groups excluding carboxylic acids is 1. The van der Waals surface area contributed by atoms with Crippen LogP contribution in [0.25, 0.3) is 0 Å². The first-order valence-corrected chi connectivity index (χ1v) is 9.65. The fraction of sp³-hybridized carbons (Fsp3) is 0.947. The highest BCUT2D eigenvalue weighted by Gasteiger charge is 2.36. The maximum atomic E-state index is 12.3. The van der Waals surface area contributed by atoms with Gasteiger partial charge in [0.05, 0.1) is 0 Å². The molecule has 3 aliphatic rings. The number of hydrogen-bond donors (Lipinski definition) is 1. The molecule has 3 fully saturated rings. The van der Waals surface area contributed by atoms with E-state index in [1.54, 1.807) is 0 Å². The van der Waals surface area contributed by atoms with Crippen LogP contribution in [0.1, 0.15) is 72.1 Å². The molecule has 0 aromatic rings. The number of nitrogens with one attached hydrogen (secondary N) is 1. The lowest BCUT2D eigenvalue weighted by molar-refractivity contribution is 0.0179. The second-order valence-electron chi connectivity index (χ2n) is 8.89. The lowest BCUT2D eigenvalue weighted by atomic mass is 9.82. The predicted octanol–water partition coefficient (Wildman–Crippen LogP) is 3.94. The van der Waals surface area contributed by atoms with Crippen molar-refractivity contribution in [3.8, 4) is 0 Å². The molecule has 4 nitrogen and oxygen atoms in total. The SMILES string of the molecule is CC(C)(C)OC(=O)N1CCCC(NC2CCCC(C3CC3)C2)C1. The Bertz CT molecular complexity index is 414. The number of piperidine rings is 1. The highest BCUT2D eigenvalue weighted by molar-refractivity contribution is 5.68. The number of amides is 1. The van der Waals surface area contributed by atoms with Gasteiger partial charge >= 0.3 is 6.09 Å². The molecule has 3 rings (SSSR count).